The van der Waals surface area contributed by atoms with Gasteiger partial charge in [0.2, 0.25) is 0 Å². The van der Waals surface area contributed by atoms with Gasteiger partial charge in [-0.3, -0.25) is 4.68 Å². The number of ether oxygens (including phenoxy) is 1. The van der Waals surface area contributed by atoms with Crippen LogP contribution in [0.5, 0.6) is 0 Å². The van der Waals surface area contributed by atoms with Gasteiger partial charge in [0.25, 0.3) is 0 Å². The number of aromatic nitrogens is 2. The molecule has 1 aliphatic carbocycles. The van der Waals surface area contributed by atoms with Gasteiger partial charge in [0.05, 0.1) is 23.7 Å². The van der Waals surface area contributed by atoms with Gasteiger partial charge in [-0.05, 0) is 32.6 Å². The minimum atomic E-state index is 0.0376. The third-order valence-corrected chi connectivity index (χ3v) is 3.64. The zero-order valence-corrected chi connectivity index (χ0v) is 10.7. The van der Waals surface area contributed by atoms with Crippen LogP contribution in [0.15, 0.2) is 12.4 Å². The molecule has 0 aromatic carbocycles. The summed E-state index contributed by atoms with van der Waals surface area (Å²) in [5.41, 5.74) is 1.10. The van der Waals surface area contributed by atoms with E-state index in [2.05, 4.69) is 16.0 Å². The van der Waals surface area contributed by atoms with Crippen LogP contribution in [-0.2, 0) is 4.74 Å². The zero-order chi connectivity index (χ0) is 11.5. The van der Waals surface area contributed by atoms with Gasteiger partial charge in [0, 0.05) is 18.9 Å². The van der Waals surface area contributed by atoms with E-state index in [1.807, 2.05) is 13.1 Å². The second kappa shape index (κ2) is 5.19. The van der Waals surface area contributed by atoms with E-state index in [9.17, 15) is 0 Å². The van der Waals surface area contributed by atoms with E-state index >= 15 is 0 Å². The Morgan fingerprint density at radius 1 is 1.56 bits per heavy atom. The topological polar surface area (TPSA) is 27.1 Å². The lowest BCUT2D eigenvalue weighted by atomic mass is 9.93. The Labute approximate surface area is 102 Å². The molecule has 4 heteroatoms. The van der Waals surface area contributed by atoms with Crippen molar-refractivity contribution in [2.75, 3.05) is 7.11 Å². The van der Waals surface area contributed by atoms with Crippen LogP contribution in [0.3, 0.4) is 0 Å². The van der Waals surface area contributed by atoms with Crippen LogP contribution in [0.2, 0.25) is 0 Å². The Hall–Kier alpha value is -0.540. The van der Waals surface area contributed by atoms with Crippen molar-refractivity contribution in [1.82, 2.24) is 9.78 Å². The Morgan fingerprint density at radius 3 is 3.00 bits per heavy atom. The Balaban J connectivity index is 2.05. The Kier molecular flexibility index (Phi) is 3.87. The average molecular weight is 243 g/mol. The highest BCUT2D eigenvalue weighted by molar-refractivity contribution is 6.20. The van der Waals surface area contributed by atoms with Gasteiger partial charge in [-0.25, -0.2) is 0 Å². The van der Waals surface area contributed by atoms with Crippen molar-refractivity contribution in [3.05, 3.63) is 18.0 Å². The summed E-state index contributed by atoms with van der Waals surface area (Å²) >= 11 is 6.03. The van der Waals surface area contributed by atoms with E-state index in [4.69, 9.17) is 16.3 Å². The molecule has 0 amide bonds. The van der Waals surface area contributed by atoms with Crippen LogP contribution >= 0.6 is 11.6 Å². The van der Waals surface area contributed by atoms with Gasteiger partial charge in [-0.15, -0.1) is 11.6 Å². The first kappa shape index (κ1) is 11.9. The molecule has 3 atom stereocenters. The van der Waals surface area contributed by atoms with Gasteiger partial charge in [-0.2, -0.15) is 5.10 Å². The van der Waals surface area contributed by atoms with Crippen LogP contribution in [0.25, 0.3) is 0 Å². The number of hydrogen-bond donors (Lipinski definition) is 0. The standard InChI is InChI=1S/C12H19ClN2O/c1-9(13)10-7-14-15(8-10)11-4-3-5-12(6-11)16-2/h7-9,11-12H,3-6H2,1-2H3. The molecule has 0 radical (unpaired) electrons. The number of alkyl halides is 1. The van der Waals surface area contributed by atoms with Gasteiger partial charge in [-0.1, -0.05) is 0 Å². The number of nitrogens with zero attached hydrogens (tertiary/aromatic N) is 2. The van der Waals surface area contributed by atoms with Gasteiger partial charge < -0.3 is 4.74 Å². The van der Waals surface area contributed by atoms with E-state index in [-0.39, 0.29) is 5.38 Å². The summed E-state index contributed by atoms with van der Waals surface area (Å²) in [5, 5.41) is 4.44. The first-order valence-electron chi connectivity index (χ1n) is 5.91. The second-order valence-corrected chi connectivity index (χ2v) is 5.20. The molecule has 1 heterocycles. The highest BCUT2D eigenvalue weighted by atomic mass is 35.5. The fraction of sp³-hybridized carbons (Fsp3) is 0.750. The summed E-state index contributed by atoms with van der Waals surface area (Å²) in [4.78, 5) is 0. The number of methoxy groups -OCH3 is 1. The predicted octanol–water partition coefficient (Wildman–Crippen LogP) is 3.31. The molecule has 3 unspecified atom stereocenters. The lowest BCUT2D eigenvalue weighted by molar-refractivity contribution is 0.0508. The van der Waals surface area contributed by atoms with Crippen molar-refractivity contribution < 1.29 is 4.74 Å². The fourth-order valence-electron chi connectivity index (χ4n) is 2.33. The summed E-state index contributed by atoms with van der Waals surface area (Å²) < 4.78 is 7.48. The molecule has 1 fully saturated rings. The summed E-state index contributed by atoms with van der Waals surface area (Å²) in [6.45, 7) is 1.97. The molecule has 0 aliphatic heterocycles. The maximum absolute atomic E-state index is 6.03. The molecular weight excluding hydrogens is 224 g/mol. The SMILES string of the molecule is COC1CCCC(n2cc(C(C)Cl)cn2)C1. The van der Waals surface area contributed by atoms with Crippen LogP contribution < -0.4 is 0 Å². The maximum atomic E-state index is 6.03. The molecule has 0 N–H and O–H groups in total. The third kappa shape index (κ3) is 2.58. The Morgan fingerprint density at radius 2 is 2.38 bits per heavy atom. The quantitative estimate of drug-likeness (QED) is 0.761. The van der Waals surface area contributed by atoms with Gasteiger partial charge in [0.15, 0.2) is 0 Å². The van der Waals surface area contributed by atoms with E-state index in [0.29, 0.717) is 12.1 Å². The molecule has 16 heavy (non-hydrogen) atoms. The molecule has 0 spiro atoms. The molecule has 1 saturated carbocycles. The number of hydrogen-bond acceptors (Lipinski definition) is 2. The first-order chi connectivity index (χ1) is 7.70. The zero-order valence-electron chi connectivity index (χ0n) is 9.90. The lowest BCUT2D eigenvalue weighted by Gasteiger charge is -2.28. The van der Waals surface area contributed by atoms with Crippen LogP contribution in [0.4, 0.5) is 0 Å². The average Bonchev–Trinajstić information content (AvgIpc) is 2.78. The number of rotatable bonds is 3. The van der Waals surface area contributed by atoms with Crippen molar-refractivity contribution in [2.45, 2.75) is 50.1 Å². The third-order valence-electron chi connectivity index (χ3n) is 3.39. The molecule has 0 bridgehead atoms. The molecule has 2 rings (SSSR count). The summed E-state index contributed by atoms with van der Waals surface area (Å²) in [6.07, 6.45) is 8.97. The molecule has 1 aliphatic rings. The van der Waals surface area contributed by atoms with Crippen LogP contribution in [0.1, 0.15) is 49.6 Å². The summed E-state index contributed by atoms with van der Waals surface area (Å²) in [6, 6.07) is 0.475. The van der Waals surface area contributed by atoms with Gasteiger partial charge in [0.1, 0.15) is 0 Å². The maximum Gasteiger partial charge on any atom is 0.0591 e. The van der Waals surface area contributed by atoms with Crippen molar-refractivity contribution in [2.24, 2.45) is 0 Å². The van der Waals surface area contributed by atoms with Crippen LogP contribution in [-0.4, -0.2) is 23.0 Å². The van der Waals surface area contributed by atoms with Crippen molar-refractivity contribution in [3.63, 3.8) is 0 Å². The number of halogens is 1. The smallest absolute Gasteiger partial charge is 0.0591 e. The Bertz CT molecular complexity index is 338. The lowest BCUT2D eigenvalue weighted by Crippen LogP contribution is -2.24. The minimum Gasteiger partial charge on any atom is -0.381 e. The molecule has 1 aromatic rings. The monoisotopic (exact) mass is 242 g/mol. The van der Waals surface area contributed by atoms with Crippen molar-refractivity contribution >= 4 is 11.6 Å². The molecule has 90 valence electrons. The highest BCUT2D eigenvalue weighted by Crippen LogP contribution is 2.30. The van der Waals surface area contributed by atoms with Crippen molar-refractivity contribution in [3.8, 4) is 0 Å². The minimum absolute atomic E-state index is 0.0376. The highest BCUT2D eigenvalue weighted by Gasteiger charge is 2.23. The summed E-state index contributed by atoms with van der Waals surface area (Å²) in [7, 11) is 1.79. The second-order valence-electron chi connectivity index (χ2n) is 4.55. The largest absolute Gasteiger partial charge is 0.381 e. The van der Waals surface area contributed by atoms with E-state index < -0.39 is 0 Å². The molecule has 0 saturated heterocycles. The molecule has 3 nitrogen and oxygen atoms in total. The normalized spacial score (nSPS) is 27.9. The van der Waals surface area contributed by atoms with Crippen molar-refractivity contribution in [1.29, 1.82) is 0 Å². The molecular formula is C12H19ClN2O. The van der Waals surface area contributed by atoms with E-state index in [1.165, 1.54) is 19.3 Å². The first-order valence-corrected chi connectivity index (χ1v) is 6.35. The fourth-order valence-corrected chi connectivity index (χ4v) is 2.45. The summed E-state index contributed by atoms with van der Waals surface area (Å²) in [5.74, 6) is 0. The molecule has 1 aromatic heterocycles. The predicted molar refractivity (Wildman–Crippen MR) is 64.8 cm³/mol. The van der Waals surface area contributed by atoms with Gasteiger partial charge >= 0.3 is 0 Å². The van der Waals surface area contributed by atoms with E-state index in [0.717, 1.165) is 12.0 Å². The van der Waals surface area contributed by atoms with Crippen LogP contribution in [0, 0.1) is 0 Å². The van der Waals surface area contributed by atoms with E-state index in [1.54, 1.807) is 7.11 Å².